The van der Waals surface area contributed by atoms with Crippen LogP contribution < -0.4 is 25.2 Å². The smallest absolute Gasteiger partial charge is 0.334 e. The van der Waals surface area contributed by atoms with Crippen LogP contribution in [0.25, 0.3) is 10.2 Å². The standard InChI is InChI=1S/C29H26N6O4S/c1-3-23(36)32-17-9-10-18(15-17)33-27(37)26-25-24-21(13-14-30-28(24)40-26)35(29(38)34(25)2)22-12-11-20(16-31-22)39-19-7-5-4-6-8-19/h3-8,11-14,16-18H,1,9-10,15H2,2H3,(H,32,36)(H,33,37)/t17-,18+/m1/s1. The van der Waals surface area contributed by atoms with Crippen LogP contribution >= 0.6 is 11.3 Å². The molecular weight excluding hydrogens is 528 g/mol. The fraction of sp³-hybridized carbons (Fsp3) is 0.207. The first-order chi connectivity index (χ1) is 19.4. The van der Waals surface area contributed by atoms with Crippen molar-refractivity contribution in [2.24, 2.45) is 0 Å². The van der Waals surface area contributed by atoms with Crippen molar-refractivity contribution in [3.8, 4) is 11.5 Å². The van der Waals surface area contributed by atoms with Gasteiger partial charge in [-0.1, -0.05) is 24.8 Å². The highest BCUT2D eigenvalue weighted by Gasteiger charge is 2.38. The van der Waals surface area contributed by atoms with Crippen molar-refractivity contribution in [3.05, 3.63) is 78.5 Å². The van der Waals surface area contributed by atoms with Gasteiger partial charge in [0.15, 0.2) is 0 Å². The van der Waals surface area contributed by atoms with Crippen molar-refractivity contribution in [1.29, 1.82) is 0 Å². The maximum absolute atomic E-state index is 13.7. The summed E-state index contributed by atoms with van der Waals surface area (Å²) in [4.78, 5) is 51.8. The summed E-state index contributed by atoms with van der Waals surface area (Å²) >= 11 is 1.25. The lowest BCUT2D eigenvalue weighted by molar-refractivity contribution is -0.117. The second-order valence-corrected chi connectivity index (χ2v) is 10.6. The van der Waals surface area contributed by atoms with Crippen molar-refractivity contribution in [2.45, 2.75) is 31.3 Å². The zero-order chi connectivity index (χ0) is 27.8. The van der Waals surface area contributed by atoms with E-state index in [1.807, 2.05) is 30.3 Å². The third-order valence-corrected chi connectivity index (χ3v) is 8.12. The minimum absolute atomic E-state index is 0.0142. The van der Waals surface area contributed by atoms with Gasteiger partial charge in [0.25, 0.3) is 5.91 Å². The Morgan fingerprint density at radius 3 is 2.55 bits per heavy atom. The summed E-state index contributed by atoms with van der Waals surface area (Å²) < 4.78 is 5.84. The fourth-order valence-electron chi connectivity index (χ4n) is 5.17. The number of thiophene rings is 1. The molecule has 2 aliphatic rings. The van der Waals surface area contributed by atoms with Gasteiger partial charge in [0.2, 0.25) is 5.91 Å². The fourth-order valence-corrected chi connectivity index (χ4v) is 6.26. The number of anilines is 3. The Morgan fingerprint density at radius 2 is 1.82 bits per heavy atom. The van der Waals surface area contributed by atoms with Crippen LogP contribution in [0.1, 0.15) is 28.9 Å². The zero-order valence-electron chi connectivity index (χ0n) is 21.7. The second-order valence-electron chi connectivity index (χ2n) is 9.63. The number of carbonyl (C=O) groups is 3. The molecule has 1 fully saturated rings. The Hall–Kier alpha value is -4.77. The van der Waals surface area contributed by atoms with E-state index in [0.29, 0.717) is 50.2 Å². The highest BCUT2D eigenvalue weighted by Crippen LogP contribution is 2.47. The number of nitrogens with zero attached hydrogens (tertiary/aromatic N) is 4. The Balaban J connectivity index is 1.27. The van der Waals surface area contributed by atoms with E-state index in [-0.39, 0.29) is 29.9 Å². The Labute approximate surface area is 234 Å². The molecule has 4 aromatic rings. The number of hydrogen-bond acceptors (Lipinski definition) is 7. The number of benzene rings is 1. The van der Waals surface area contributed by atoms with E-state index in [1.165, 1.54) is 27.2 Å². The van der Waals surface area contributed by atoms with Crippen LogP contribution in [-0.2, 0) is 4.79 Å². The lowest BCUT2D eigenvalue weighted by Crippen LogP contribution is -2.43. The van der Waals surface area contributed by atoms with Crippen LogP contribution in [0.5, 0.6) is 11.5 Å². The minimum atomic E-state index is -0.343. The molecule has 1 aliphatic heterocycles. The van der Waals surface area contributed by atoms with Crippen molar-refractivity contribution < 1.29 is 19.1 Å². The van der Waals surface area contributed by atoms with Crippen LogP contribution in [0.15, 0.2) is 73.6 Å². The number of ether oxygens (including phenoxy) is 1. The Kier molecular flexibility index (Phi) is 6.64. The Morgan fingerprint density at radius 1 is 1.05 bits per heavy atom. The number of rotatable bonds is 7. The predicted molar refractivity (Wildman–Crippen MR) is 154 cm³/mol. The molecule has 0 spiro atoms. The highest BCUT2D eigenvalue weighted by atomic mass is 32.1. The van der Waals surface area contributed by atoms with Gasteiger partial charge >= 0.3 is 6.03 Å². The van der Waals surface area contributed by atoms with Crippen molar-refractivity contribution in [1.82, 2.24) is 20.6 Å². The number of carbonyl (C=O) groups excluding carboxylic acids is 3. The molecule has 4 amide bonds. The van der Waals surface area contributed by atoms with Gasteiger partial charge in [-0.05, 0) is 55.7 Å². The first-order valence-electron chi connectivity index (χ1n) is 12.8. The molecule has 6 rings (SSSR count). The first kappa shape index (κ1) is 25.5. The number of urea groups is 1. The molecule has 1 aromatic carbocycles. The summed E-state index contributed by atoms with van der Waals surface area (Å²) in [7, 11) is 1.65. The molecule has 202 valence electrons. The number of amides is 4. The summed E-state index contributed by atoms with van der Waals surface area (Å²) in [6.45, 7) is 3.49. The SMILES string of the molecule is C=CC(=O)N[C@@H]1CC[C@H](NC(=O)c2sc3nccc4c3c2N(C)C(=O)N4c2ccc(Oc3ccccc3)cn2)C1. The van der Waals surface area contributed by atoms with Gasteiger partial charge in [0.1, 0.15) is 27.0 Å². The zero-order valence-corrected chi connectivity index (χ0v) is 22.5. The molecule has 0 unspecified atom stereocenters. The summed E-state index contributed by atoms with van der Waals surface area (Å²) in [5, 5.41) is 6.70. The van der Waals surface area contributed by atoms with E-state index >= 15 is 0 Å². The van der Waals surface area contributed by atoms with E-state index < -0.39 is 0 Å². The van der Waals surface area contributed by atoms with Crippen LogP contribution in [0.3, 0.4) is 0 Å². The predicted octanol–water partition coefficient (Wildman–Crippen LogP) is 5.14. The molecule has 4 heterocycles. The van der Waals surface area contributed by atoms with Gasteiger partial charge in [-0.15, -0.1) is 11.3 Å². The van der Waals surface area contributed by atoms with Crippen molar-refractivity contribution in [3.63, 3.8) is 0 Å². The van der Waals surface area contributed by atoms with Gasteiger partial charge in [0.05, 0.1) is 23.0 Å². The normalized spacial score (nSPS) is 18.1. The summed E-state index contributed by atoms with van der Waals surface area (Å²) in [5.41, 5.74) is 1.14. The van der Waals surface area contributed by atoms with Crippen LogP contribution in [0.4, 0.5) is 22.0 Å². The van der Waals surface area contributed by atoms with Crippen LogP contribution in [0, 0.1) is 0 Å². The van der Waals surface area contributed by atoms with Crippen molar-refractivity contribution in [2.75, 3.05) is 16.8 Å². The summed E-state index contributed by atoms with van der Waals surface area (Å²) in [6, 6.07) is 14.2. The molecule has 40 heavy (non-hydrogen) atoms. The topological polar surface area (TPSA) is 117 Å². The quantitative estimate of drug-likeness (QED) is 0.306. The first-order valence-corrected chi connectivity index (χ1v) is 13.7. The lowest BCUT2D eigenvalue weighted by Gasteiger charge is -2.33. The average molecular weight is 555 g/mol. The molecule has 1 saturated carbocycles. The van der Waals surface area contributed by atoms with Gasteiger partial charge in [-0.3, -0.25) is 14.5 Å². The molecule has 0 bridgehead atoms. The largest absolute Gasteiger partial charge is 0.456 e. The third kappa shape index (κ3) is 4.64. The van der Waals surface area contributed by atoms with E-state index in [9.17, 15) is 14.4 Å². The molecule has 11 heteroatoms. The maximum Gasteiger partial charge on any atom is 0.334 e. The number of hydrogen-bond donors (Lipinski definition) is 2. The maximum atomic E-state index is 13.7. The molecule has 0 saturated heterocycles. The lowest BCUT2D eigenvalue weighted by atomic mass is 10.1. The molecule has 1 aliphatic carbocycles. The number of aromatic nitrogens is 2. The summed E-state index contributed by atoms with van der Waals surface area (Å²) in [6.07, 6.45) is 6.59. The van der Waals surface area contributed by atoms with Gasteiger partial charge in [-0.2, -0.15) is 0 Å². The molecule has 3 aromatic heterocycles. The van der Waals surface area contributed by atoms with Gasteiger partial charge < -0.3 is 15.4 Å². The minimum Gasteiger partial charge on any atom is -0.456 e. The van der Waals surface area contributed by atoms with E-state index in [2.05, 4.69) is 27.2 Å². The van der Waals surface area contributed by atoms with E-state index in [1.54, 1.807) is 37.6 Å². The number of para-hydroxylation sites is 1. The summed E-state index contributed by atoms with van der Waals surface area (Å²) in [5.74, 6) is 1.16. The van der Waals surface area contributed by atoms with Crippen molar-refractivity contribution >= 4 is 56.6 Å². The van der Waals surface area contributed by atoms with E-state index in [0.717, 1.165) is 12.8 Å². The molecule has 2 N–H and O–H groups in total. The molecule has 10 nitrogen and oxygen atoms in total. The van der Waals surface area contributed by atoms with E-state index in [4.69, 9.17) is 4.74 Å². The molecule has 0 radical (unpaired) electrons. The monoisotopic (exact) mass is 554 g/mol. The Bertz CT molecular complexity index is 1620. The number of nitrogens with one attached hydrogen (secondary N) is 2. The highest BCUT2D eigenvalue weighted by molar-refractivity contribution is 7.21. The van der Waals surface area contributed by atoms with Crippen LogP contribution in [-0.4, -0.2) is 46.9 Å². The average Bonchev–Trinajstić information content (AvgIpc) is 3.58. The molecular formula is C29H26N6O4S. The third-order valence-electron chi connectivity index (χ3n) is 7.03. The van der Waals surface area contributed by atoms with Gasteiger partial charge in [-0.25, -0.2) is 19.7 Å². The van der Waals surface area contributed by atoms with Crippen LogP contribution in [0.2, 0.25) is 0 Å². The second kappa shape index (κ2) is 10.4. The number of pyridine rings is 2. The molecule has 2 atom stereocenters. The van der Waals surface area contributed by atoms with Gasteiger partial charge in [0, 0.05) is 25.3 Å².